The molecule has 1 unspecified atom stereocenters. The van der Waals surface area contributed by atoms with Crippen LogP contribution in [0.4, 0.5) is 0 Å². The van der Waals surface area contributed by atoms with Gasteiger partial charge >= 0.3 is 5.97 Å². The number of carboxylic acids is 1. The average Bonchev–Trinajstić information content (AvgIpc) is 2.95. The van der Waals surface area contributed by atoms with E-state index in [0.717, 1.165) is 51.4 Å². The fraction of sp³-hybridized carbons (Fsp3) is 0.868. The largest absolute Gasteiger partial charge is 0.481 e. The number of aliphatic carboxylic acids is 1. The van der Waals surface area contributed by atoms with Crippen molar-refractivity contribution in [2.24, 2.45) is 5.41 Å². The summed E-state index contributed by atoms with van der Waals surface area (Å²) in [5.74, 6) is -0.511. The third kappa shape index (κ3) is 24.7. The molecule has 1 atom stereocenters. The van der Waals surface area contributed by atoms with Gasteiger partial charge in [-0.05, 0) is 51.4 Å². The molecular weight excluding hydrogens is 488 g/mol. The zero-order chi connectivity index (χ0) is 29.4. The van der Waals surface area contributed by atoms with Gasteiger partial charge in [-0.15, -0.1) is 0 Å². The van der Waals surface area contributed by atoms with Gasteiger partial charge in [-0.2, -0.15) is 0 Å². The minimum atomic E-state index is -0.511. The Kier molecular flexibility index (Phi) is 30.1. The molecule has 236 valence electrons. The van der Waals surface area contributed by atoms with E-state index in [1.165, 1.54) is 135 Å². The van der Waals surface area contributed by atoms with E-state index in [1.807, 2.05) is 0 Å². The molecule has 40 heavy (non-hydrogen) atoms. The molecule has 1 N–H and O–H groups in total. The molecule has 0 heterocycles. The van der Waals surface area contributed by atoms with E-state index in [0.29, 0.717) is 0 Å². The van der Waals surface area contributed by atoms with Crippen LogP contribution in [0.2, 0.25) is 0 Å². The number of rotatable bonds is 32. The summed E-state index contributed by atoms with van der Waals surface area (Å²) in [4.78, 5) is 12.6. The Bertz CT molecular complexity index is 578. The average molecular weight is 561 g/mol. The Labute approximate surface area is 252 Å². The summed E-state index contributed by atoms with van der Waals surface area (Å²) in [6, 6.07) is 0. The number of allylic oxidation sites excluding steroid dienone is 4. The molecule has 0 bridgehead atoms. The molecule has 2 nitrogen and oxygen atoms in total. The highest BCUT2D eigenvalue weighted by Gasteiger charge is 2.36. The van der Waals surface area contributed by atoms with Gasteiger partial charge in [-0.25, -0.2) is 0 Å². The van der Waals surface area contributed by atoms with Gasteiger partial charge in [0.25, 0.3) is 0 Å². The number of hydrogen-bond acceptors (Lipinski definition) is 1. The third-order valence-corrected chi connectivity index (χ3v) is 8.83. The first-order valence-electron chi connectivity index (χ1n) is 18.2. The van der Waals surface area contributed by atoms with Gasteiger partial charge in [0.2, 0.25) is 0 Å². The van der Waals surface area contributed by atoms with Crippen LogP contribution in [0, 0.1) is 5.41 Å². The van der Waals surface area contributed by atoms with Crippen molar-refractivity contribution in [3.05, 3.63) is 24.3 Å². The van der Waals surface area contributed by atoms with Crippen molar-refractivity contribution in [2.75, 3.05) is 0 Å². The highest BCUT2D eigenvalue weighted by molar-refractivity contribution is 5.74. The normalized spacial score (nSPS) is 13.5. The van der Waals surface area contributed by atoms with Crippen molar-refractivity contribution in [1.82, 2.24) is 0 Å². The molecule has 0 saturated carbocycles. The zero-order valence-electron chi connectivity index (χ0n) is 27.7. The van der Waals surface area contributed by atoms with Crippen LogP contribution in [-0.2, 0) is 4.79 Å². The standard InChI is InChI=1S/C38H72O2/c1-4-7-10-13-16-18-20-21-22-23-25-27-30-33-36-38(37(39)40,34-31-28-15-12-9-6-3)35-32-29-26-24-19-17-14-11-8-5-2/h16,18,21-22H,4-15,17,19-20,23-36H2,1-3H3,(H,39,40)/b18-16-,22-21-. The number of hydrogen-bond donors (Lipinski definition) is 1. The molecule has 0 aliphatic carbocycles. The molecule has 0 radical (unpaired) electrons. The van der Waals surface area contributed by atoms with E-state index < -0.39 is 11.4 Å². The Morgan fingerprint density at radius 1 is 0.450 bits per heavy atom. The molecular formula is C38H72O2. The van der Waals surface area contributed by atoms with Crippen molar-refractivity contribution in [3.63, 3.8) is 0 Å². The van der Waals surface area contributed by atoms with Gasteiger partial charge in [0.05, 0.1) is 5.41 Å². The van der Waals surface area contributed by atoms with Crippen molar-refractivity contribution >= 4 is 5.97 Å². The number of unbranched alkanes of at least 4 members (excludes halogenated alkanes) is 21. The lowest BCUT2D eigenvalue weighted by Crippen LogP contribution is -2.31. The molecule has 0 aromatic carbocycles. The molecule has 0 aliphatic rings. The molecule has 0 aromatic heterocycles. The highest BCUT2D eigenvalue weighted by Crippen LogP contribution is 2.38. The Hall–Kier alpha value is -1.05. The summed E-state index contributed by atoms with van der Waals surface area (Å²) < 4.78 is 0. The molecule has 0 rings (SSSR count). The second-order valence-electron chi connectivity index (χ2n) is 12.7. The molecule has 0 aromatic rings. The van der Waals surface area contributed by atoms with Crippen molar-refractivity contribution in [3.8, 4) is 0 Å². The van der Waals surface area contributed by atoms with Crippen LogP contribution in [0.5, 0.6) is 0 Å². The van der Waals surface area contributed by atoms with Gasteiger partial charge in [0.15, 0.2) is 0 Å². The molecule has 0 saturated heterocycles. The summed E-state index contributed by atoms with van der Waals surface area (Å²) >= 11 is 0. The Morgan fingerprint density at radius 2 is 0.750 bits per heavy atom. The maximum atomic E-state index is 12.6. The highest BCUT2D eigenvalue weighted by atomic mass is 16.4. The minimum absolute atomic E-state index is 0.478. The maximum Gasteiger partial charge on any atom is 0.309 e. The first kappa shape index (κ1) is 39.0. The van der Waals surface area contributed by atoms with E-state index in [9.17, 15) is 9.90 Å². The summed E-state index contributed by atoms with van der Waals surface area (Å²) in [5, 5.41) is 10.4. The van der Waals surface area contributed by atoms with Gasteiger partial charge in [-0.3, -0.25) is 4.79 Å². The van der Waals surface area contributed by atoms with Gasteiger partial charge in [0, 0.05) is 0 Å². The molecule has 2 heteroatoms. The van der Waals surface area contributed by atoms with E-state index in [2.05, 4.69) is 45.1 Å². The second-order valence-corrected chi connectivity index (χ2v) is 12.7. The van der Waals surface area contributed by atoms with E-state index in [-0.39, 0.29) is 0 Å². The van der Waals surface area contributed by atoms with E-state index in [1.54, 1.807) is 0 Å². The van der Waals surface area contributed by atoms with Gasteiger partial charge < -0.3 is 5.11 Å². The lowest BCUT2D eigenvalue weighted by atomic mass is 9.74. The quantitative estimate of drug-likeness (QED) is 0.0656. The van der Waals surface area contributed by atoms with Crippen LogP contribution in [0.25, 0.3) is 0 Å². The maximum absolute atomic E-state index is 12.6. The molecule has 0 fully saturated rings. The predicted octanol–water partition coefficient (Wildman–Crippen LogP) is 13.5. The Morgan fingerprint density at radius 3 is 1.12 bits per heavy atom. The number of carbonyl (C=O) groups is 1. The monoisotopic (exact) mass is 561 g/mol. The first-order chi connectivity index (χ1) is 19.6. The van der Waals surface area contributed by atoms with Crippen LogP contribution in [0.1, 0.15) is 207 Å². The molecule has 0 aliphatic heterocycles. The topological polar surface area (TPSA) is 37.3 Å². The van der Waals surface area contributed by atoms with Gasteiger partial charge in [-0.1, -0.05) is 180 Å². The van der Waals surface area contributed by atoms with Crippen LogP contribution >= 0.6 is 0 Å². The minimum Gasteiger partial charge on any atom is -0.481 e. The van der Waals surface area contributed by atoms with Crippen molar-refractivity contribution in [1.29, 1.82) is 0 Å². The lowest BCUT2D eigenvalue weighted by Gasteiger charge is -2.30. The summed E-state index contributed by atoms with van der Waals surface area (Å²) in [6.07, 6.45) is 44.6. The summed E-state index contributed by atoms with van der Waals surface area (Å²) in [6.45, 7) is 6.79. The zero-order valence-corrected chi connectivity index (χ0v) is 27.7. The third-order valence-electron chi connectivity index (χ3n) is 8.83. The molecule has 0 spiro atoms. The Balaban J connectivity index is 4.37. The summed E-state index contributed by atoms with van der Waals surface area (Å²) in [7, 11) is 0. The van der Waals surface area contributed by atoms with E-state index in [4.69, 9.17) is 0 Å². The smallest absolute Gasteiger partial charge is 0.309 e. The fourth-order valence-corrected chi connectivity index (χ4v) is 5.99. The van der Waals surface area contributed by atoms with Crippen LogP contribution in [0.3, 0.4) is 0 Å². The molecule has 0 amide bonds. The van der Waals surface area contributed by atoms with Gasteiger partial charge in [0.1, 0.15) is 0 Å². The number of carboxylic acid groups (broad SMARTS) is 1. The first-order valence-corrected chi connectivity index (χ1v) is 18.2. The second kappa shape index (κ2) is 30.9. The predicted molar refractivity (Wildman–Crippen MR) is 179 cm³/mol. The van der Waals surface area contributed by atoms with Crippen LogP contribution in [0.15, 0.2) is 24.3 Å². The lowest BCUT2D eigenvalue weighted by molar-refractivity contribution is -0.150. The van der Waals surface area contributed by atoms with Crippen molar-refractivity contribution < 1.29 is 9.90 Å². The summed E-state index contributed by atoms with van der Waals surface area (Å²) in [5.41, 5.74) is -0.478. The fourth-order valence-electron chi connectivity index (χ4n) is 5.99. The van der Waals surface area contributed by atoms with E-state index >= 15 is 0 Å². The van der Waals surface area contributed by atoms with Crippen molar-refractivity contribution in [2.45, 2.75) is 207 Å². The van der Waals surface area contributed by atoms with Crippen LogP contribution < -0.4 is 0 Å². The van der Waals surface area contributed by atoms with Crippen LogP contribution in [-0.4, -0.2) is 11.1 Å². The SMILES string of the molecule is CCCCC/C=C\C/C=C\CCCCCCC(CCCCCCCC)(CCCCCCCCCCCC)C(=O)O.